The second-order valence-electron chi connectivity index (χ2n) is 4.57. The van der Waals surface area contributed by atoms with Gasteiger partial charge in [0.05, 0.1) is 0 Å². The molecule has 1 aliphatic heterocycles. The summed E-state index contributed by atoms with van der Waals surface area (Å²) in [7, 11) is 0. The van der Waals surface area contributed by atoms with Crippen molar-refractivity contribution in [3.63, 3.8) is 0 Å². The smallest absolute Gasteiger partial charge is 0.407 e. The van der Waals surface area contributed by atoms with Crippen LogP contribution in [-0.4, -0.2) is 41.6 Å². The molecule has 0 radical (unpaired) electrons. The molecule has 1 unspecified atom stereocenters. The van der Waals surface area contributed by atoms with Crippen molar-refractivity contribution in [3.05, 3.63) is 0 Å². The number of nitrogens with one attached hydrogen (secondary N) is 1. The highest BCUT2D eigenvalue weighted by atomic mass is 32.1. The van der Waals surface area contributed by atoms with Crippen LogP contribution in [0, 0.1) is 0 Å². The topological polar surface area (TPSA) is 41.6 Å². The second-order valence-corrected chi connectivity index (χ2v) is 5.32. The zero-order valence-electron chi connectivity index (χ0n) is 10.3. The quantitative estimate of drug-likeness (QED) is 0.747. The number of hydrogen-bond acceptors (Lipinski definition) is 4. The number of carbonyl (C=O) groups excluding carboxylic acids is 1. The Balaban J connectivity index is 2.24. The van der Waals surface area contributed by atoms with Gasteiger partial charge in [0.15, 0.2) is 0 Å². The van der Waals surface area contributed by atoms with E-state index >= 15 is 0 Å². The highest BCUT2D eigenvalue weighted by Gasteiger charge is 2.23. The van der Waals surface area contributed by atoms with Crippen molar-refractivity contribution in [1.29, 1.82) is 0 Å². The third kappa shape index (κ3) is 4.61. The fourth-order valence-corrected chi connectivity index (χ4v) is 2.02. The Kier molecular flexibility index (Phi) is 5.41. The molecule has 1 amide bonds. The van der Waals surface area contributed by atoms with Crippen molar-refractivity contribution < 1.29 is 9.53 Å². The molecule has 0 aliphatic carbocycles. The number of nitrogens with zero attached hydrogens (tertiary/aromatic N) is 1. The molecular weight excluding hydrogens is 224 g/mol. The van der Waals surface area contributed by atoms with Crippen LogP contribution in [0.15, 0.2) is 0 Å². The van der Waals surface area contributed by atoms with E-state index in [0.717, 1.165) is 25.9 Å². The van der Waals surface area contributed by atoms with E-state index in [4.69, 9.17) is 4.74 Å². The van der Waals surface area contributed by atoms with E-state index < -0.39 is 0 Å². The maximum Gasteiger partial charge on any atom is 0.407 e. The van der Waals surface area contributed by atoms with Gasteiger partial charge < -0.3 is 10.1 Å². The molecule has 0 saturated carbocycles. The lowest BCUT2D eigenvalue weighted by Gasteiger charge is -2.33. The fourth-order valence-electron chi connectivity index (χ4n) is 1.79. The van der Waals surface area contributed by atoms with Gasteiger partial charge in [-0.3, -0.25) is 4.90 Å². The van der Waals surface area contributed by atoms with E-state index in [1.54, 1.807) is 0 Å². The van der Waals surface area contributed by atoms with Gasteiger partial charge in [0.2, 0.25) is 0 Å². The van der Waals surface area contributed by atoms with Crippen LogP contribution in [0.5, 0.6) is 0 Å². The van der Waals surface area contributed by atoms with Crippen molar-refractivity contribution in [1.82, 2.24) is 10.2 Å². The van der Waals surface area contributed by atoms with Crippen LogP contribution < -0.4 is 5.32 Å². The molecule has 0 aromatic rings. The first-order valence-corrected chi connectivity index (χ1v) is 6.40. The van der Waals surface area contributed by atoms with E-state index in [1.165, 1.54) is 0 Å². The molecule has 1 heterocycles. The van der Waals surface area contributed by atoms with Gasteiger partial charge >= 0.3 is 6.09 Å². The lowest BCUT2D eigenvalue weighted by molar-refractivity contribution is 0.0484. The zero-order valence-corrected chi connectivity index (χ0v) is 11.2. The molecule has 1 fully saturated rings. The van der Waals surface area contributed by atoms with Gasteiger partial charge in [-0.1, -0.05) is 0 Å². The van der Waals surface area contributed by atoms with Crippen molar-refractivity contribution >= 4 is 18.7 Å². The predicted molar refractivity (Wildman–Crippen MR) is 67.8 cm³/mol. The highest BCUT2D eigenvalue weighted by Crippen LogP contribution is 2.17. The number of rotatable bonds is 3. The molecular formula is C11H22N2O2S. The van der Waals surface area contributed by atoms with Gasteiger partial charge in [0.1, 0.15) is 6.10 Å². The van der Waals surface area contributed by atoms with Crippen LogP contribution in [0.4, 0.5) is 4.79 Å². The maximum atomic E-state index is 11.4. The van der Waals surface area contributed by atoms with Crippen molar-refractivity contribution in [2.75, 3.05) is 13.1 Å². The summed E-state index contributed by atoms with van der Waals surface area (Å²) in [5.74, 6) is 0. The van der Waals surface area contributed by atoms with Crippen LogP contribution in [0.2, 0.25) is 0 Å². The van der Waals surface area contributed by atoms with Crippen LogP contribution in [0.1, 0.15) is 33.6 Å². The number of likely N-dealkylation sites (tertiary alicyclic amines) is 1. The third-order valence-electron chi connectivity index (χ3n) is 2.69. The molecule has 5 heteroatoms. The summed E-state index contributed by atoms with van der Waals surface area (Å²) < 4.78 is 5.33. The van der Waals surface area contributed by atoms with Gasteiger partial charge in [0.25, 0.3) is 0 Å². The largest absolute Gasteiger partial charge is 0.446 e. The molecule has 1 aliphatic rings. The van der Waals surface area contributed by atoms with Crippen molar-refractivity contribution in [3.8, 4) is 0 Å². The summed E-state index contributed by atoms with van der Waals surface area (Å²) >= 11 is 4.39. The maximum absolute atomic E-state index is 11.4. The van der Waals surface area contributed by atoms with Crippen molar-refractivity contribution in [2.24, 2.45) is 0 Å². The van der Waals surface area contributed by atoms with E-state index in [1.807, 2.05) is 13.8 Å². The minimum absolute atomic E-state index is 0.0575. The van der Waals surface area contributed by atoms with E-state index in [2.05, 4.69) is 29.8 Å². The molecule has 94 valence electrons. The molecule has 4 nitrogen and oxygen atoms in total. The molecule has 0 aromatic carbocycles. The molecule has 0 bridgehead atoms. The summed E-state index contributed by atoms with van der Waals surface area (Å²) in [5, 5.41) is 3.02. The fraction of sp³-hybridized carbons (Fsp3) is 0.909. The number of amides is 1. The predicted octanol–water partition coefficient (Wildman–Crippen LogP) is 1.86. The average molecular weight is 246 g/mol. The van der Waals surface area contributed by atoms with Crippen LogP contribution in [0.25, 0.3) is 0 Å². The first-order valence-electron chi connectivity index (χ1n) is 5.88. The molecule has 1 atom stereocenters. The molecule has 16 heavy (non-hydrogen) atoms. The molecule has 0 aromatic heterocycles. The standard InChI is InChI=1S/C11H22N2O2S/c1-8(2)12-11(14)15-10-4-6-13(7-5-10)9(3)16/h8-10,16H,4-7H2,1-3H3,(H,12,14). The second kappa shape index (κ2) is 6.35. The summed E-state index contributed by atoms with van der Waals surface area (Å²) in [5.41, 5.74) is 0. The SMILES string of the molecule is CC(C)NC(=O)OC1CCN(C(C)S)CC1. The van der Waals surface area contributed by atoms with Gasteiger partial charge in [0, 0.05) is 24.5 Å². The monoisotopic (exact) mass is 246 g/mol. The van der Waals surface area contributed by atoms with E-state index in [9.17, 15) is 4.79 Å². The van der Waals surface area contributed by atoms with Gasteiger partial charge in [-0.05, 0) is 33.6 Å². The summed E-state index contributed by atoms with van der Waals surface area (Å²) in [4.78, 5) is 13.7. The number of carbonyl (C=O) groups is 1. The Bertz CT molecular complexity index is 226. The molecule has 0 spiro atoms. The molecule has 1 rings (SSSR count). The van der Waals surface area contributed by atoms with Gasteiger partial charge in [-0.15, -0.1) is 0 Å². The minimum Gasteiger partial charge on any atom is -0.446 e. The lowest BCUT2D eigenvalue weighted by Crippen LogP contribution is -2.42. The zero-order chi connectivity index (χ0) is 12.1. The number of piperidine rings is 1. The first kappa shape index (κ1) is 13.6. The summed E-state index contributed by atoms with van der Waals surface area (Å²) in [6, 6.07) is 0.130. The molecule has 1 N–H and O–H groups in total. The van der Waals surface area contributed by atoms with Gasteiger partial charge in [-0.2, -0.15) is 12.6 Å². The number of alkyl carbamates (subject to hydrolysis) is 1. The summed E-state index contributed by atoms with van der Waals surface area (Å²) in [6.07, 6.45) is 1.56. The number of hydrogen-bond donors (Lipinski definition) is 2. The average Bonchev–Trinajstić information content (AvgIpc) is 2.16. The van der Waals surface area contributed by atoms with Gasteiger partial charge in [-0.25, -0.2) is 4.79 Å². The minimum atomic E-state index is -0.299. The van der Waals surface area contributed by atoms with Crippen molar-refractivity contribution in [2.45, 2.75) is 51.1 Å². The van der Waals surface area contributed by atoms with Crippen LogP contribution in [0.3, 0.4) is 0 Å². The van der Waals surface area contributed by atoms with E-state index in [-0.39, 0.29) is 23.6 Å². The van der Waals surface area contributed by atoms with Crippen LogP contribution >= 0.6 is 12.6 Å². The highest BCUT2D eigenvalue weighted by molar-refractivity contribution is 7.80. The number of ether oxygens (including phenoxy) is 1. The lowest BCUT2D eigenvalue weighted by atomic mass is 10.1. The Morgan fingerprint density at radius 1 is 1.38 bits per heavy atom. The Morgan fingerprint density at radius 2 is 1.94 bits per heavy atom. The Labute approximate surface area is 103 Å². The van der Waals surface area contributed by atoms with E-state index in [0.29, 0.717) is 0 Å². The number of thiol groups is 1. The normalized spacial score (nSPS) is 20.8. The Hall–Kier alpha value is -0.420. The summed E-state index contributed by atoms with van der Waals surface area (Å²) in [6.45, 7) is 7.81. The molecule has 1 saturated heterocycles. The third-order valence-corrected chi connectivity index (χ3v) is 3.01. The Morgan fingerprint density at radius 3 is 2.38 bits per heavy atom. The first-order chi connectivity index (χ1) is 7.49. The van der Waals surface area contributed by atoms with Crippen LogP contribution in [-0.2, 0) is 4.74 Å².